The molecule has 5 nitrogen and oxygen atoms in total. The third-order valence-corrected chi connectivity index (χ3v) is 3.06. The highest BCUT2D eigenvalue weighted by Gasteiger charge is 2.14. The van der Waals surface area contributed by atoms with Gasteiger partial charge in [0.05, 0.1) is 13.7 Å². The molecule has 1 aromatic carbocycles. The summed E-state index contributed by atoms with van der Waals surface area (Å²) in [4.78, 5) is 11.3. The first kappa shape index (κ1) is 16.6. The van der Waals surface area contributed by atoms with E-state index in [0.717, 1.165) is 0 Å². The fraction of sp³-hybridized carbons (Fsp3) is 0.500. The molecule has 1 unspecified atom stereocenters. The number of aromatic hydroxyl groups is 1. The molecular formula is C14H20ClNO4. The molecule has 0 aromatic heterocycles. The lowest BCUT2D eigenvalue weighted by molar-refractivity contribution is -0.143. The molecule has 0 spiro atoms. The minimum Gasteiger partial charge on any atom is -0.504 e. The van der Waals surface area contributed by atoms with E-state index in [1.165, 1.54) is 13.2 Å². The van der Waals surface area contributed by atoms with Gasteiger partial charge in [0.15, 0.2) is 11.5 Å². The molecule has 0 aliphatic carbocycles. The molecule has 6 heteroatoms. The minimum atomic E-state index is -0.270. The van der Waals surface area contributed by atoms with E-state index >= 15 is 0 Å². The average molecular weight is 302 g/mol. The quantitative estimate of drug-likeness (QED) is 0.755. The number of halogens is 1. The summed E-state index contributed by atoms with van der Waals surface area (Å²) >= 11 is 5.95. The maximum absolute atomic E-state index is 11.3. The van der Waals surface area contributed by atoms with E-state index in [-0.39, 0.29) is 24.2 Å². The van der Waals surface area contributed by atoms with Gasteiger partial charge in [-0.15, -0.1) is 0 Å². The summed E-state index contributed by atoms with van der Waals surface area (Å²) in [7, 11) is 1.45. The summed E-state index contributed by atoms with van der Waals surface area (Å²) in [5.41, 5.74) is 6.56. The van der Waals surface area contributed by atoms with E-state index in [9.17, 15) is 9.90 Å². The van der Waals surface area contributed by atoms with Gasteiger partial charge in [-0.2, -0.15) is 0 Å². The van der Waals surface area contributed by atoms with Gasteiger partial charge in [-0.3, -0.25) is 4.79 Å². The van der Waals surface area contributed by atoms with Crippen LogP contribution in [0.2, 0.25) is 5.02 Å². The molecule has 0 fully saturated rings. The van der Waals surface area contributed by atoms with Crippen LogP contribution in [0, 0.1) is 0 Å². The van der Waals surface area contributed by atoms with E-state index in [2.05, 4.69) is 0 Å². The second kappa shape index (κ2) is 7.97. The number of carbonyl (C=O) groups is 1. The molecule has 0 aliphatic heterocycles. The van der Waals surface area contributed by atoms with Crippen molar-refractivity contribution in [1.82, 2.24) is 0 Å². The van der Waals surface area contributed by atoms with Crippen LogP contribution in [0.1, 0.15) is 25.3 Å². The Balaban J connectivity index is 2.64. The van der Waals surface area contributed by atoms with Crippen molar-refractivity contribution in [3.05, 3.63) is 22.7 Å². The van der Waals surface area contributed by atoms with E-state index in [0.29, 0.717) is 35.8 Å². The molecule has 0 heterocycles. The van der Waals surface area contributed by atoms with E-state index in [1.54, 1.807) is 13.0 Å². The number of hydrogen-bond acceptors (Lipinski definition) is 5. The van der Waals surface area contributed by atoms with Crippen LogP contribution in [0.15, 0.2) is 12.1 Å². The van der Waals surface area contributed by atoms with Crippen LogP contribution < -0.4 is 10.5 Å². The Labute approximate surface area is 123 Å². The van der Waals surface area contributed by atoms with E-state index in [1.807, 2.05) is 0 Å². The van der Waals surface area contributed by atoms with Crippen LogP contribution in [0.4, 0.5) is 0 Å². The van der Waals surface area contributed by atoms with Crippen molar-refractivity contribution in [3.63, 3.8) is 0 Å². The van der Waals surface area contributed by atoms with Crippen molar-refractivity contribution in [2.75, 3.05) is 13.7 Å². The summed E-state index contributed by atoms with van der Waals surface area (Å²) in [6, 6.07) is 2.90. The second-order valence-corrected chi connectivity index (χ2v) is 4.86. The first-order valence-corrected chi connectivity index (χ1v) is 6.82. The molecular weight excluding hydrogens is 282 g/mol. The van der Waals surface area contributed by atoms with Crippen LogP contribution in [-0.4, -0.2) is 30.8 Å². The summed E-state index contributed by atoms with van der Waals surface area (Å²) in [5.74, 6) is 0.0735. The molecule has 0 bridgehead atoms. The Morgan fingerprint density at radius 3 is 2.80 bits per heavy atom. The Morgan fingerprint density at radius 2 is 2.20 bits per heavy atom. The summed E-state index contributed by atoms with van der Waals surface area (Å²) in [6.45, 7) is 2.12. The lowest BCUT2D eigenvalue weighted by Crippen LogP contribution is -2.24. The molecule has 0 saturated carbocycles. The number of hydrogen-bond donors (Lipinski definition) is 2. The Kier molecular flexibility index (Phi) is 6.61. The van der Waals surface area contributed by atoms with Crippen LogP contribution in [0.25, 0.3) is 0 Å². The number of rotatable bonds is 7. The average Bonchev–Trinajstić information content (AvgIpc) is 2.40. The van der Waals surface area contributed by atoms with Gasteiger partial charge in [0.25, 0.3) is 0 Å². The lowest BCUT2D eigenvalue weighted by atomic mass is 10.0. The van der Waals surface area contributed by atoms with Crippen LogP contribution >= 0.6 is 11.6 Å². The third-order valence-electron chi connectivity index (χ3n) is 2.85. The van der Waals surface area contributed by atoms with Crippen LogP contribution in [0.3, 0.4) is 0 Å². The normalized spacial score (nSPS) is 12.0. The standard InChI is InChI=1S/C14H20ClNO4/c1-3-20-13(17)5-4-11(16)7-9-6-10(15)8-12(19-2)14(9)18/h6,8,11,18H,3-5,7,16H2,1-2H3. The third kappa shape index (κ3) is 4.90. The van der Waals surface area contributed by atoms with Crippen LogP contribution in [0.5, 0.6) is 11.5 Å². The highest BCUT2D eigenvalue weighted by Crippen LogP contribution is 2.34. The predicted molar refractivity (Wildman–Crippen MR) is 77.2 cm³/mol. The smallest absolute Gasteiger partial charge is 0.305 e. The fourth-order valence-electron chi connectivity index (χ4n) is 1.86. The maximum Gasteiger partial charge on any atom is 0.305 e. The van der Waals surface area contributed by atoms with Gasteiger partial charge >= 0.3 is 5.97 Å². The number of nitrogens with two attached hydrogens (primary N) is 1. The monoisotopic (exact) mass is 301 g/mol. The molecule has 0 aliphatic rings. The highest BCUT2D eigenvalue weighted by molar-refractivity contribution is 6.30. The number of ether oxygens (including phenoxy) is 2. The van der Waals surface area contributed by atoms with E-state index in [4.69, 9.17) is 26.8 Å². The molecule has 3 N–H and O–H groups in total. The Morgan fingerprint density at radius 1 is 1.50 bits per heavy atom. The molecule has 112 valence electrons. The number of carbonyl (C=O) groups excluding carboxylic acids is 1. The van der Waals surface area contributed by atoms with E-state index < -0.39 is 0 Å². The molecule has 0 saturated heterocycles. The number of esters is 1. The zero-order valence-corrected chi connectivity index (χ0v) is 12.4. The van der Waals surface area contributed by atoms with Crippen molar-refractivity contribution in [2.24, 2.45) is 5.73 Å². The van der Waals surface area contributed by atoms with Gasteiger partial charge < -0.3 is 20.3 Å². The zero-order valence-electron chi connectivity index (χ0n) is 11.7. The molecule has 20 heavy (non-hydrogen) atoms. The molecule has 1 atom stereocenters. The largest absolute Gasteiger partial charge is 0.504 e. The summed E-state index contributed by atoms with van der Waals surface area (Å²) in [6.07, 6.45) is 1.14. The number of phenolic OH excluding ortho intramolecular Hbond substituents is 1. The molecule has 1 rings (SSSR count). The zero-order chi connectivity index (χ0) is 15.1. The van der Waals surface area contributed by atoms with Crippen molar-refractivity contribution in [3.8, 4) is 11.5 Å². The Bertz CT molecular complexity index is 465. The van der Waals surface area contributed by atoms with Gasteiger partial charge in [0.1, 0.15) is 0 Å². The second-order valence-electron chi connectivity index (χ2n) is 4.42. The van der Waals surface area contributed by atoms with Crippen molar-refractivity contribution < 1.29 is 19.4 Å². The molecule has 1 aromatic rings. The van der Waals surface area contributed by atoms with Crippen molar-refractivity contribution >= 4 is 17.6 Å². The minimum absolute atomic E-state index is 0.0310. The Hall–Kier alpha value is -1.46. The SMILES string of the molecule is CCOC(=O)CCC(N)Cc1cc(Cl)cc(OC)c1O. The maximum atomic E-state index is 11.3. The number of phenols is 1. The van der Waals surface area contributed by atoms with Crippen molar-refractivity contribution in [1.29, 1.82) is 0 Å². The number of methoxy groups -OCH3 is 1. The van der Waals surface area contributed by atoms with Gasteiger partial charge in [0, 0.05) is 29.1 Å². The fourth-order valence-corrected chi connectivity index (χ4v) is 2.09. The topological polar surface area (TPSA) is 81.8 Å². The highest BCUT2D eigenvalue weighted by atomic mass is 35.5. The van der Waals surface area contributed by atoms with Gasteiger partial charge in [-0.05, 0) is 25.8 Å². The first-order chi connectivity index (χ1) is 9.47. The van der Waals surface area contributed by atoms with Gasteiger partial charge in [-0.25, -0.2) is 0 Å². The van der Waals surface area contributed by atoms with Gasteiger partial charge in [-0.1, -0.05) is 11.6 Å². The van der Waals surface area contributed by atoms with Crippen LogP contribution in [-0.2, 0) is 16.0 Å². The summed E-state index contributed by atoms with van der Waals surface area (Å²) in [5, 5.41) is 10.5. The molecule has 0 radical (unpaired) electrons. The first-order valence-electron chi connectivity index (χ1n) is 6.44. The molecule has 0 amide bonds. The summed E-state index contributed by atoms with van der Waals surface area (Å²) < 4.78 is 9.87. The van der Waals surface area contributed by atoms with Crippen molar-refractivity contribution in [2.45, 2.75) is 32.2 Å². The lowest BCUT2D eigenvalue weighted by Gasteiger charge is -2.14. The predicted octanol–water partition coefficient (Wildman–Crippen LogP) is 2.27. The number of benzene rings is 1. The van der Waals surface area contributed by atoms with Gasteiger partial charge in [0.2, 0.25) is 0 Å².